The zero-order chi connectivity index (χ0) is 14.9. The second-order valence-electron chi connectivity index (χ2n) is 5.20. The van der Waals surface area contributed by atoms with Gasteiger partial charge in [-0.25, -0.2) is 9.59 Å². The zero-order valence-electron chi connectivity index (χ0n) is 11.3. The van der Waals surface area contributed by atoms with Gasteiger partial charge < -0.3 is 15.0 Å². The molecule has 2 aliphatic rings. The summed E-state index contributed by atoms with van der Waals surface area (Å²) in [7, 11) is 0. The number of ether oxygens (including phenoxy) is 1. The Morgan fingerprint density at radius 3 is 2.71 bits per heavy atom. The molecule has 1 aromatic carbocycles. The maximum Gasteiger partial charge on any atom is 0.410 e. The molecule has 110 valence electrons. The van der Waals surface area contributed by atoms with E-state index < -0.39 is 17.7 Å². The van der Waals surface area contributed by atoms with E-state index in [4.69, 9.17) is 4.74 Å². The molecule has 0 aromatic heterocycles. The van der Waals surface area contributed by atoms with E-state index in [1.165, 1.54) is 4.90 Å². The van der Waals surface area contributed by atoms with Crippen LogP contribution < -0.4 is 10.6 Å². The van der Waals surface area contributed by atoms with Gasteiger partial charge in [0.15, 0.2) is 0 Å². The largest absolute Gasteiger partial charge is 0.445 e. The Kier molecular flexibility index (Phi) is 3.25. The number of carbonyl (C=O) groups excluding carboxylic acids is 3. The Bertz CT molecular complexity index is 589. The number of urea groups is 1. The fraction of sp³-hybridized carbons (Fsp3) is 0.357. The molecule has 2 saturated heterocycles. The number of benzene rings is 1. The van der Waals surface area contributed by atoms with Crippen LogP contribution in [0.5, 0.6) is 0 Å². The molecule has 2 N–H and O–H groups in total. The third-order valence-corrected chi connectivity index (χ3v) is 3.75. The predicted octanol–water partition coefficient (Wildman–Crippen LogP) is 0.607. The average molecular weight is 289 g/mol. The standard InChI is InChI=1S/C14H15N3O4/c18-11-14(16-12(19)15-11)6-7-17(9-14)13(20)21-8-10-4-2-1-3-5-10/h1-5H,6-9H2,(H2,15,16,18,19)/t14-/m0/s1. The summed E-state index contributed by atoms with van der Waals surface area (Å²) < 4.78 is 5.22. The van der Waals surface area contributed by atoms with Crippen molar-refractivity contribution in [3.63, 3.8) is 0 Å². The summed E-state index contributed by atoms with van der Waals surface area (Å²) in [6.45, 7) is 0.696. The van der Waals surface area contributed by atoms with Gasteiger partial charge in [0.2, 0.25) is 0 Å². The van der Waals surface area contributed by atoms with Gasteiger partial charge in [-0.1, -0.05) is 30.3 Å². The molecule has 21 heavy (non-hydrogen) atoms. The van der Waals surface area contributed by atoms with Crippen molar-refractivity contribution in [3.05, 3.63) is 35.9 Å². The first-order chi connectivity index (χ1) is 10.1. The zero-order valence-corrected chi connectivity index (χ0v) is 11.3. The highest BCUT2D eigenvalue weighted by atomic mass is 16.6. The normalized spacial score (nSPS) is 24.1. The minimum atomic E-state index is -0.997. The Morgan fingerprint density at radius 1 is 1.29 bits per heavy atom. The smallest absolute Gasteiger partial charge is 0.410 e. The number of amides is 4. The minimum Gasteiger partial charge on any atom is -0.445 e. The summed E-state index contributed by atoms with van der Waals surface area (Å²) in [5.41, 5.74) is -0.102. The second-order valence-corrected chi connectivity index (χ2v) is 5.20. The molecule has 0 radical (unpaired) electrons. The van der Waals surface area contributed by atoms with E-state index in [0.717, 1.165) is 5.56 Å². The molecule has 4 amide bonds. The number of carbonyl (C=O) groups is 3. The molecule has 1 aromatic rings. The second kappa shape index (κ2) is 5.08. The summed E-state index contributed by atoms with van der Waals surface area (Å²) in [6, 6.07) is 8.84. The van der Waals surface area contributed by atoms with E-state index in [1.807, 2.05) is 30.3 Å². The molecule has 2 heterocycles. The Hall–Kier alpha value is -2.57. The van der Waals surface area contributed by atoms with Crippen LogP contribution in [-0.2, 0) is 16.1 Å². The lowest BCUT2D eigenvalue weighted by Crippen LogP contribution is -2.49. The predicted molar refractivity (Wildman–Crippen MR) is 72.2 cm³/mol. The monoisotopic (exact) mass is 289 g/mol. The quantitative estimate of drug-likeness (QED) is 0.781. The highest BCUT2D eigenvalue weighted by molar-refractivity contribution is 6.07. The molecular weight excluding hydrogens is 274 g/mol. The molecule has 0 saturated carbocycles. The lowest BCUT2D eigenvalue weighted by atomic mass is 10.00. The van der Waals surface area contributed by atoms with Crippen molar-refractivity contribution < 1.29 is 19.1 Å². The number of nitrogens with one attached hydrogen (secondary N) is 2. The fourth-order valence-corrected chi connectivity index (χ4v) is 2.59. The van der Waals surface area contributed by atoms with E-state index in [0.29, 0.717) is 13.0 Å². The molecule has 7 heteroatoms. The van der Waals surface area contributed by atoms with Crippen LogP contribution in [0.1, 0.15) is 12.0 Å². The Morgan fingerprint density at radius 2 is 2.05 bits per heavy atom. The molecular formula is C14H15N3O4. The summed E-state index contributed by atoms with van der Waals surface area (Å²) in [5, 5.41) is 4.79. The highest BCUT2D eigenvalue weighted by Crippen LogP contribution is 2.25. The van der Waals surface area contributed by atoms with Gasteiger partial charge in [0.05, 0.1) is 6.54 Å². The van der Waals surface area contributed by atoms with Crippen molar-refractivity contribution >= 4 is 18.0 Å². The lowest BCUT2D eigenvalue weighted by molar-refractivity contribution is -0.123. The maximum atomic E-state index is 12.0. The first kappa shape index (κ1) is 13.4. The van der Waals surface area contributed by atoms with Crippen LogP contribution >= 0.6 is 0 Å². The third-order valence-electron chi connectivity index (χ3n) is 3.75. The molecule has 3 rings (SSSR count). The van der Waals surface area contributed by atoms with Crippen LogP contribution in [0.4, 0.5) is 9.59 Å². The fourth-order valence-electron chi connectivity index (χ4n) is 2.59. The first-order valence-corrected chi connectivity index (χ1v) is 6.68. The van der Waals surface area contributed by atoms with Gasteiger partial charge in [0.25, 0.3) is 5.91 Å². The van der Waals surface area contributed by atoms with E-state index in [-0.39, 0.29) is 19.1 Å². The third kappa shape index (κ3) is 2.54. The number of hydrogen-bond donors (Lipinski definition) is 2. The highest BCUT2D eigenvalue weighted by Gasteiger charge is 2.51. The van der Waals surface area contributed by atoms with Gasteiger partial charge in [-0.3, -0.25) is 10.1 Å². The average Bonchev–Trinajstić information content (AvgIpc) is 3.02. The summed E-state index contributed by atoms with van der Waals surface area (Å²) in [4.78, 5) is 36.5. The van der Waals surface area contributed by atoms with Crippen LogP contribution in [0, 0.1) is 0 Å². The van der Waals surface area contributed by atoms with Gasteiger partial charge in [0, 0.05) is 6.54 Å². The SMILES string of the molecule is O=C1NC(=O)[C@@]2(CCN(C(=O)OCc3ccccc3)C2)N1. The molecule has 2 aliphatic heterocycles. The lowest BCUT2D eigenvalue weighted by Gasteiger charge is -2.20. The van der Waals surface area contributed by atoms with Crippen LogP contribution in [0.3, 0.4) is 0 Å². The number of likely N-dealkylation sites (tertiary alicyclic amines) is 1. The molecule has 0 bridgehead atoms. The van der Waals surface area contributed by atoms with Crippen molar-refractivity contribution in [1.29, 1.82) is 0 Å². The molecule has 2 fully saturated rings. The van der Waals surface area contributed by atoms with Crippen molar-refractivity contribution in [1.82, 2.24) is 15.5 Å². The first-order valence-electron chi connectivity index (χ1n) is 6.68. The van der Waals surface area contributed by atoms with Crippen molar-refractivity contribution in [2.75, 3.05) is 13.1 Å². The Labute approximate surface area is 121 Å². The van der Waals surface area contributed by atoms with E-state index >= 15 is 0 Å². The van der Waals surface area contributed by atoms with Crippen LogP contribution in [0.2, 0.25) is 0 Å². The minimum absolute atomic E-state index is 0.137. The molecule has 1 atom stereocenters. The van der Waals surface area contributed by atoms with Crippen molar-refractivity contribution in [3.8, 4) is 0 Å². The molecule has 7 nitrogen and oxygen atoms in total. The number of rotatable bonds is 2. The number of imide groups is 1. The van der Waals surface area contributed by atoms with Gasteiger partial charge in [-0.15, -0.1) is 0 Å². The summed E-state index contributed by atoms with van der Waals surface area (Å²) >= 11 is 0. The molecule has 0 aliphatic carbocycles. The van der Waals surface area contributed by atoms with Crippen LogP contribution in [0.25, 0.3) is 0 Å². The number of hydrogen-bond acceptors (Lipinski definition) is 4. The topological polar surface area (TPSA) is 87.7 Å². The van der Waals surface area contributed by atoms with Crippen LogP contribution in [0.15, 0.2) is 30.3 Å². The molecule has 1 spiro atoms. The van der Waals surface area contributed by atoms with Gasteiger partial charge in [-0.05, 0) is 12.0 Å². The summed E-state index contributed by atoms with van der Waals surface area (Å²) in [6.07, 6.45) is -0.0879. The molecule has 0 unspecified atom stereocenters. The number of nitrogens with zero attached hydrogens (tertiary/aromatic N) is 1. The van der Waals surface area contributed by atoms with Crippen molar-refractivity contribution in [2.24, 2.45) is 0 Å². The van der Waals surface area contributed by atoms with Crippen molar-refractivity contribution in [2.45, 2.75) is 18.6 Å². The summed E-state index contributed by atoms with van der Waals surface area (Å²) in [5.74, 6) is -0.383. The van der Waals surface area contributed by atoms with E-state index in [1.54, 1.807) is 0 Å². The van der Waals surface area contributed by atoms with Gasteiger partial charge in [0.1, 0.15) is 12.1 Å². The Balaban J connectivity index is 1.58. The van der Waals surface area contributed by atoms with E-state index in [9.17, 15) is 14.4 Å². The van der Waals surface area contributed by atoms with E-state index in [2.05, 4.69) is 10.6 Å². The van der Waals surface area contributed by atoms with Gasteiger partial charge >= 0.3 is 12.1 Å². The maximum absolute atomic E-state index is 12.0. The van der Waals surface area contributed by atoms with Crippen LogP contribution in [-0.4, -0.2) is 41.6 Å². The van der Waals surface area contributed by atoms with Gasteiger partial charge in [-0.2, -0.15) is 0 Å².